The Kier molecular flexibility index (Phi) is 3.04. The highest BCUT2D eigenvalue weighted by Crippen LogP contribution is 2.49. The Morgan fingerprint density at radius 3 is 2.85 bits per heavy atom. The second-order valence-corrected chi connectivity index (χ2v) is 5.54. The summed E-state index contributed by atoms with van der Waals surface area (Å²) < 4.78 is 0. The summed E-state index contributed by atoms with van der Waals surface area (Å²) in [6.45, 7) is 2.52. The quantitative estimate of drug-likeness (QED) is 0.921. The van der Waals surface area contributed by atoms with Crippen LogP contribution in [0.25, 0.3) is 0 Å². The minimum atomic E-state index is -0.319. The summed E-state index contributed by atoms with van der Waals surface area (Å²) in [7, 11) is 1.82. The lowest BCUT2D eigenvalue weighted by molar-refractivity contribution is -0.133. The maximum Gasteiger partial charge on any atom is 0.233 e. The highest BCUT2D eigenvalue weighted by atomic mass is 16.2. The summed E-state index contributed by atoms with van der Waals surface area (Å²) in [6.07, 6.45) is 3.31. The number of likely N-dealkylation sites (N-methyl/N-ethyl adjacent to an activating group) is 1. The number of amides is 1. The van der Waals surface area contributed by atoms with E-state index in [9.17, 15) is 4.79 Å². The van der Waals surface area contributed by atoms with Gasteiger partial charge < -0.3 is 4.90 Å². The summed E-state index contributed by atoms with van der Waals surface area (Å²) in [6, 6.07) is 8.25. The standard InChI is InChI=1S/C15H18N4O/c1-11-4-3-5-12(8-11)15(6-7-15)14(20)19(2)9-13-16-10-17-18-13/h3-5,8,10H,6-7,9H2,1-2H3,(H,16,17,18). The molecule has 1 fully saturated rings. The number of hydrogen-bond acceptors (Lipinski definition) is 3. The van der Waals surface area contributed by atoms with Gasteiger partial charge in [-0.05, 0) is 25.3 Å². The number of hydrogen-bond donors (Lipinski definition) is 1. The Morgan fingerprint density at radius 2 is 2.25 bits per heavy atom. The zero-order valence-electron chi connectivity index (χ0n) is 11.8. The number of aromatic nitrogens is 3. The largest absolute Gasteiger partial charge is 0.337 e. The first-order valence-corrected chi connectivity index (χ1v) is 6.79. The molecule has 1 N–H and O–H groups in total. The number of carbonyl (C=O) groups is 1. The first kappa shape index (κ1) is 12.8. The minimum Gasteiger partial charge on any atom is -0.337 e. The molecular weight excluding hydrogens is 252 g/mol. The summed E-state index contributed by atoms with van der Waals surface area (Å²) in [4.78, 5) is 18.5. The van der Waals surface area contributed by atoms with Crippen molar-refractivity contribution in [2.24, 2.45) is 0 Å². The van der Waals surface area contributed by atoms with E-state index < -0.39 is 0 Å². The van der Waals surface area contributed by atoms with Gasteiger partial charge in [-0.25, -0.2) is 4.98 Å². The number of aryl methyl sites for hydroxylation is 1. The maximum atomic E-state index is 12.7. The molecule has 1 aromatic heterocycles. The van der Waals surface area contributed by atoms with Crippen LogP contribution in [0.5, 0.6) is 0 Å². The third-order valence-corrected chi connectivity index (χ3v) is 3.93. The van der Waals surface area contributed by atoms with Crippen LogP contribution in [0.3, 0.4) is 0 Å². The van der Waals surface area contributed by atoms with Crippen molar-refractivity contribution >= 4 is 5.91 Å². The molecule has 20 heavy (non-hydrogen) atoms. The van der Waals surface area contributed by atoms with E-state index in [4.69, 9.17) is 0 Å². The number of rotatable bonds is 4. The number of nitrogens with one attached hydrogen (secondary N) is 1. The van der Waals surface area contributed by atoms with Gasteiger partial charge in [0.25, 0.3) is 0 Å². The van der Waals surface area contributed by atoms with Gasteiger partial charge in [0.2, 0.25) is 5.91 Å². The zero-order chi connectivity index (χ0) is 14.2. The molecule has 1 aliphatic carbocycles. The van der Waals surface area contributed by atoms with Crippen molar-refractivity contribution in [3.05, 3.63) is 47.5 Å². The number of H-pyrrole nitrogens is 1. The molecular formula is C15H18N4O. The molecule has 0 radical (unpaired) electrons. The van der Waals surface area contributed by atoms with E-state index in [0.717, 1.165) is 18.4 Å². The monoisotopic (exact) mass is 270 g/mol. The minimum absolute atomic E-state index is 0.166. The summed E-state index contributed by atoms with van der Waals surface area (Å²) in [5, 5.41) is 6.60. The lowest BCUT2D eigenvalue weighted by Crippen LogP contribution is -2.36. The van der Waals surface area contributed by atoms with Crippen molar-refractivity contribution in [2.45, 2.75) is 31.7 Å². The van der Waals surface area contributed by atoms with Crippen molar-refractivity contribution in [3.63, 3.8) is 0 Å². The maximum absolute atomic E-state index is 12.7. The van der Waals surface area contributed by atoms with E-state index in [0.29, 0.717) is 12.4 Å². The van der Waals surface area contributed by atoms with Gasteiger partial charge in [0.05, 0.1) is 12.0 Å². The van der Waals surface area contributed by atoms with Crippen LogP contribution in [-0.4, -0.2) is 33.0 Å². The van der Waals surface area contributed by atoms with Crippen LogP contribution in [0.4, 0.5) is 0 Å². The predicted molar refractivity (Wildman–Crippen MR) is 74.9 cm³/mol. The smallest absolute Gasteiger partial charge is 0.233 e. The lowest BCUT2D eigenvalue weighted by atomic mass is 9.93. The third kappa shape index (κ3) is 2.19. The number of nitrogens with zero attached hydrogens (tertiary/aromatic N) is 3. The molecule has 1 heterocycles. The fourth-order valence-electron chi connectivity index (χ4n) is 2.66. The van der Waals surface area contributed by atoms with Crippen LogP contribution < -0.4 is 0 Å². The van der Waals surface area contributed by atoms with Gasteiger partial charge in [-0.3, -0.25) is 9.89 Å². The van der Waals surface area contributed by atoms with Crippen molar-refractivity contribution in [2.75, 3.05) is 7.05 Å². The summed E-state index contributed by atoms with van der Waals surface area (Å²) in [5.74, 6) is 0.875. The molecule has 104 valence electrons. The summed E-state index contributed by atoms with van der Waals surface area (Å²) >= 11 is 0. The predicted octanol–water partition coefficient (Wildman–Crippen LogP) is 1.80. The van der Waals surface area contributed by atoms with Gasteiger partial charge in [-0.2, -0.15) is 5.10 Å². The van der Waals surface area contributed by atoms with Gasteiger partial charge in [0.1, 0.15) is 12.2 Å². The lowest BCUT2D eigenvalue weighted by Gasteiger charge is -2.23. The average molecular weight is 270 g/mol. The molecule has 3 rings (SSSR count). The van der Waals surface area contributed by atoms with E-state index in [1.165, 1.54) is 11.9 Å². The van der Waals surface area contributed by atoms with Crippen LogP contribution in [0.1, 0.15) is 29.8 Å². The van der Waals surface area contributed by atoms with Gasteiger partial charge in [0.15, 0.2) is 0 Å². The molecule has 0 spiro atoms. The Balaban J connectivity index is 1.79. The van der Waals surface area contributed by atoms with E-state index >= 15 is 0 Å². The first-order valence-electron chi connectivity index (χ1n) is 6.79. The van der Waals surface area contributed by atoms with Crippen LogP contribution >= 0.6 is 0 Å². The van der Waals surface area contributed by atoms with Crippen LogP contribution in [0, 0.1) is 6.92 Å². The molecule has 0 aliphatic heterocycles. The normalized spacial score (nSPS) is 15.9. The Morgan fingerprint density at radius 1 is 1.45 bits per heavy atom. The van der Waals surface area contributed by atoms with E-state index in [1.807, 2.05) is 13.1 Å². The van der Waals surface area contributed by atoms with Gasteiger partial charge >= 0.3 is 0 Å². The van der Waals surface area contributed by atoms with Crippen molar-refractivity contribution < 1.29 is 4.79 Å². The SMILES string of the molecule is Cc1cccc(C2(C(=O)N(C)Cc3ncn[nH]3)CC2)c1. The van der Waals surface area contributed by atoms with Gasteiger partial charge in [-0.15, -0.1) is 0 Å². The molecule has 1 aliphatic rings. The second kappa shape index (κ2) is 4.74. The molecule has 5 nitrogen and oxygen atoms in total. The Hall–Kier alpha value is -2.17. The van der Waals surface area contributed by atoms with Gasteiger partial charge in [-0.1, -0.05) is 29.8 Å². The average Bonchev–Trinajstić information content (AvgIpc) is 3.10. The molecule has 5 heteroatoms. The topological polar surface area (TPSA) is 61.9 Å². The fraction of sp³-hybridized carbons (Fsp3) is 0.400. The fourth-order valence-corrected chi connectivity index (χ4v) is 2.66. The number of benzene rings is 1. The van der Waals surface area contributed by atoms with Crippen molar-refractivity contribution in [3.8, 4) is 0 Å². The molecule has 0 unspecified atom stereocenters. The molecule has 1 amide bonds. The molecule has 1 aromatic carbocycles. The molecule has 0 bridgehead atoms. The van der Waals surface area contributed by atoms with Crippen LogP contribution in [-0.2, 0) is 16.8 Å². The number of carbonyl (C=O) groups excluding carboxylic acids is 1. The highest BCUT2D eigenvalue weighted by molar-refractivity contribution is 5.91. The second-order valence-electron chi connectivity index (χ2n) is 5.54. The van der Waals surface area contributed by atoms with Gasteiger partial charge in [0, 0.05) is 7.05 Å². The Labute approximate surface area is 118 Å². The molecule has 1 saturated carbocycles. The summed E-state index contributed by atoms with van der Waals surface area (Å²) in [5.41, 5.74) is 2.01. The van der Waals surface area contributed by atoms with E-state index in [1.54, 1.807) is 4.90 Å². The van der Waals surface area contributed by atoms with Crippen LogP contribution in [0.2, 0.25) is 0 Å². The van der Waals surface area contributed by atoms with Crippen molar-refractivity contribution in [1.29, 1.82) is 0 Å². The third-order valence-electron chi connectivity index (χ3n) is 3.93. The number of aromatic amines is 1. The van der Waals surface area contributed by atoms with E-state index in [2.05, 4.69) is 40.3 Å². The van der Waals surface area contributed by atoms with Crippen molar-refractivity contribution in [1.82, 2.24) is 20.1 Å². The van der Waals surface area contributed by atoms with E-state index in [-0.39, 0.29) is 11.3 Å². The molecule has 0 saturated heterocycles. The van der Waals surface area contributed by atoms with Crippen LogP contribution in [0.15, 0.2) is 30.6 Å². The zero-order valence-corrected chi connectivity index (χ0v) is 11.8. The first-order chi connectivity index (χ1) is 9.62. The molecule has 0 atom stereocenters. The molecule has 2 aromatic rings. The Bertz CT molecular complexity index is 617. The highest BCUT2D eigenvalue weighted by Gasteiger charge is 2.52.